The Kier molecular flexibility index (Phi) is 4.76. The molecule has 5 unspecified atom stereocenters. The Balaban J connectivity index is 1.93. The van der Waals surface area contributed by atoms with E-state index in [1.165, 1.54) is 32.1 Å². The monoisotopic (exact) mass is 264 g/mol. The molecule has 19 heavy (non-hydrogen) atoms. The molecule has 1 saturated heterocycles. The molecule has 0 aromatic heterocycles. The first-order valence-corrected chi connectivity index (χ1v) is 8.25. The third-order valence-corrected chi connectivity index (χ3v) is 6.00. The van der Waals surface area contributed by atoms with Gasteiger partial charge in [0.05, 0.1) is 12.7 Å². The number of hydrogen-bond acceptors (Lipinski definition) is 1. The SMILES string of the molecule is CCC(C)C1(C)CCC(C2CCC(C)=CC2C)OC1. The lowest BCUT2D eigenvalue weighted by atomic mass is 9.69. The van der Waals surface area contributed by atoms with Crippen molar-refractivity contribution in [2.24, 2.45) is 23.2 Å². The molecule has 5 atom stereocenters. The minimum atomic E-state index is 0.412. The van der Waals surface area contributed by atoms with Crippen molar-refractivity contribution in [2.75, 3.05) is 6.61 Å². The summed E-state index contributed by atoms with van der Waals surface area (Å²) < 4.78 is 6.33. The zero-order valence-corrected chi connectivity index (χ0v) is 13.5. The van der Waals surface area contributed by atoms with Crippen LogP contribution in [-0.4, -0.2) is 12.7 Å². The van der Waals surface area contributed by atoms with Crippen LogP contribution in [-0.2, 0) is 4.74 Å². The molecule has 0 aromatic carbocycles. The molecule has 0 radical (unpaired) electrons. The number of allylic oxidation sites excluding steroid dienone is 2. The summed E-state index contributed by atoms with van der Waals surface area (Å²) in [5, 5.41) is 0. The highest BCUT2D eigenvalue weighted by Crippen LogP contribution is 2.43. The minimum absolute atomic E-state index is 0.412. The largest absolute Gasteiger partial charge is 0.377 e. The van der Waals surface area contributed by atoms with E-state index >= 15 is 0 Å². The molecule has 1 heterocycles. The van der Waals surface area contributed by atoms with Crippen molar-refractivity contribution in [1.82, 2.24) is 0 Å². The van der Waals surface area contributed by atoms with E-state index in [0.717, 1.165) is 18.4 Å². The van der Waals surface area contributed by atoms with E-state index in [4.69, 9.17) is 4.74 Å². The van der Waals surface area contributed by atoms with Crippen LogP contribution in [0.15, 0.2) is 11.6 Å². The van der Waals surface area contributed by atoms with Gasteiger partial charge in [0.1, 0.15) is 0 Å². The fourth-order valence-corrected chi connectivity index (χ4v) is 3.98. The number of hydrogen-bond donors (Lipinski definition) is 0. The normalized spacial score (nSPS) is 41.7. The molecule has 0 amide bonds. The highest BCUT2D eigenvalue weighted by molar-refractivity contribution is 5.07. The first-order valence-electron chi connectivity index (χ1n) is 8.25. The highest BCUT2D eigenvalue weighted by Gasteiger charge is 2.39. The summed E-state index contributed by atoms with van der Waals surface area (Å²) in [4.78, 5) is 0. The fourth-order valence-electron chi connectivity index (χ4n) is 3.98. The van der Waals surface area contributed by atoms with E-state index in [-0.39, 0.29) is 0 Å². The molecule has 0 saturated carbocycles. The summed E-state index contributed by atoms with van der Waals surface area (Å²) >= 11 is 0. The van der Waals surface area contributed by atoms with Crippen LogP contribution in [0, 0.1) is 23.2 Å². The smallest absolute Gasteiger partial charge is 0.0609 e. The van der Waals surface area contributed by atoms with E-state index in [1.54, 1.807) is 5.57 Å². The van der Waals surface area contributed by atoms with Gasteiger partial charge in [-0.2, -0.15) is 0 Å². The molecule has 1 fully saturated rings. The van der Waals surface area contributed by atoms with Crippen LogP contribution in [0.1, 0.15) is 66.7 Å². The first kappa shape index (κ1) is 15.1. The van der Waals surface area contributed by atoms with Crippen LogP contribution >= 0.6 is 0 Å². The summed E-state index contributed by atoms with van der Waals surface area (Å²) in [6.07, 6.45) is 9.47. The quantitative estimate of drug-likeness (QED) is 0.636. The van der Waals surface area contributed by atoms with Gasteiger partial charge in [0.15, 0.2) is 0 Å². The summed E-state index contributed by atoms with van der Waals surface area (Å²) in [6, 6.07) is 0. The molecule has 1 heteroatoms. The van der Waals surface area contributed by atoms with Gasteiger partial charge in [-0.15, -0.1) is 0 Å². The number of rotatable bonds is 3. The molecule has 1 aliphatic heterocycles. The second-order valence-electron chi connectivity index (χ2n) is 7.43. The van der Waals surface area contributed by atoms with Crippen molar-refractivity contribution in [3.63, 3.8) is 0 Å². The summed E-state index contributed by atoms with van der Waals surface area (Å²) in [7, 11) is 0. The van der Waals surface area contributed by atoms with Crippen LogP contribution < -0.4 is 0 Å². The summed E-state index contributed by atoms with van der Waals surface area (Å²) in [5.41, 5.74) is 1.98. The maximum Gasteiger partial charge on any atom is 0.0609 e. The molecule has 110 valence electrons. The second kappa shape index (κ2) is 5.99. The molecular weight excluding hydrogens is 232 g/mol. The molecule has 0 aromatic rings. The first-order chi connectivity index (χ1) is 8.96. The van der Waals surface area contributed by atoms with Crippen molar-refractivity contribution >= 4 is 0 Å². The van der Waals surface area contributed by atoms with Crippen molar-refractivity contribution in [3.05, 3.63) is 11.6 Å². The third-order valence-electron chi connectivity index (χ3n) is 6.00. The van der Waals surface area contributed by atoms with Gasteiger partial charge < -0.3 is 4.74 Å². The molecule has 1 nitrogen and oxygen atoms in total. The molecule has 2 rings (SSSR count). The maximum absolute atomic E-state index is 6.33. The third kappa shape index (κ3) is 3.24. The van der Waals surface area contributed by atoms with E-state index in [2.05, 4.69) is 40.7 Å². The predicted octanol–water partition coefficient (Wildman–Crippen LogP) is 5.21. The van der Waals surface area contributed by atoms with Gasteiger partial charge in [0, 0.05) is 0 Å². The lowest BCUT2D eigenvalue weighted by molar-refractivity contribution is -0.106. The summed E-state index contributed by atoms with van der Waals surface area (Å²) in [5.74, 6) is 2.23. The Bertz CT molecular complexity index is 323. The molecule has 1 aliphatic carbocycles. The van der Waals surface area contributed by atoms with Crippen LogP contribution in [0.5, 0.6) is 0 Å². The lowest BCUT2D eigenvalue weighted by Crippen LogP contribution is -2.42. The lowest BCUT2D eigenvalue weighted by Gasteiger charge is -2.45. The maximum atomic E-state index is 6.33. The van der Waals surface area contributed by atoms with E-state index < -0.39 is 0 Å². The van der Waals surface area contributed by atoms with Crippen LogP contribution in [0.4, 0.5) is 0 Å². The van der Waals surface area contributed by atoms with E-state index in [9.17, 15) is 0 Å². The average molecular weight is 264 g/mol. The van der Waals surface area contributed by atoms with Gasteiger partial charge in [0.25, 0.3) is 0 Å². The standard InChI is InChI=1S/C18H32O/c1-6-15(4)18(5)10-9-17(19-12-18)16-8-7-13(2)11-14(16)3/h11,14-17H,6-10,12H2,1-5H3. The van der Waals surface area contributed by atoms with Crippen molar-refractivity contribution < 1.29 is 4.74 Å². The minimum Gasteiger partial charge on any atom is -0.377 e. The summed E-state index contributed by atoms with van der Waals surface area (Å²) in [6.45, 7) is 12.7. The predicted molar refractivity (Wildman–Crippen MR) is 82.2 cm³/mol. The Hall–Kier alpha value is -0.300. The van der Waals surface area contributed by atoms with Crippen molar-refractivity contribution in [3.8, 4) is 0 Å². The Morgan fingerprint density at radius 3 is 2.68 bits per heavy atom. The van der Waals surface area contributed by atoms with Gasteiger partial charge in [-0.3, -0.25) is 0 Å². The van der Waals surface area contributed by atoms with E-state index in [1.807, 2.05) is 0 Å². The van der Waals surface area contributed by atoms with Gasteiger partial charge in [-0.25, -0.2) is 0 Å². The topological polar surface area (TPSA) is 9.23 Å². The fraction of sp³-hybridized carbons (Fsp3) is 0.889. The van der Waals surface area contributed by atoms with Gasteiger partial charge in [-0.05, 0) is 55.8 Å². The Morgan fingerprint density at radius 1 is 1.42 bits per heavy atom. The molecule has 0 N–H and O–H groups in total. The van der Waals surface area contributed by atoms with Gasteiger partial charge in [-0.1, -0.05) is 45.8 Å². The zero-order chi connectivity index (χ0) is 14.0. The Labute approximate surface area is 119 Å². The van der Waals surface area contributed by atoms with Crippen molar-refractivity contribution in [1.29, 1.82) is 0 Å². The molecular formula is C18H32O. The number of ether oxygens (including phenoxy) is 1. The highest BCUT2D eigenvalue weighted by atomic mass is 16.5. The van der Waals surface area contributed by atoms with Crippen LogP contribution in [0.3, 0.4) is 0 Å². The van der Waals surface area contributed by atoms with Crippen molar-refractivity contribution in [2.45, 2.75) is 72.8 Å². The van der Waals surface area contributed by atoms with Crippen LogP contribution in [0.25, 0.3) is 0 Å². The average Bonchev–Trinajstić information content (AvgIpc) is 2.39. The zero-order valence-electron chi connectivity index (χ0n) is 13.5. The van der Waals surface area contributed by atoms with Gasteiger partial charge >= 0.3 is 0 Å². The Morgan fingerprint density at radius 2 is 2.16 bits per heavy atom. The molecule has 2 aliphatic rings. The second-order valence-corrected chi connectivity index (χ2v) is 7.43. The van der Waals surface area contributed by atoms with Crippen LogP contribution in [0.2, 0.25) is 0 Å². The molecule has 0 spiro atoms. The van der Waals surface area contributed by atoms with Gasteiger partial charge in [0.2, 0.25) is 0 Å². The molecule has 0 bridgehead atoms. The van der Waals surface area contributed by atoms with E-state index in [0.29, 0.717) is 17.4 Å².